The molecule has 0 aliphatic rings. The van der Waals surface area contributed by atoms with Crippen molar-refractivity contribution in [1.29, 1.82) is 0 Å². The molecule has 4 nitrogen and oxygen atoms in total. The van der Waals surface area contributed by atoms with E-state index in [0.717, 1.165) is 21.2 Å². The maximum Gasteiger partial charge on any atom is 0.453 e. The van der Waals surface area contributed by atoms with Gasteiger partial charge in [0.05, 0.1) is 5.69 Å². The lowest BCUT2D eigenvalue weighted by atomic mass is 10.0. The van der Waals surface area contributed by atoms with Crippen molar-refractivity contribution in [2.45, 2.75) is 6.18 Å². The molecule has 124 valence electrons. The number of hydrogen-bond acceptors (Lipinski definition) is 3. The third-order valence-corrected chi connectivity index (χ3v) is 3.78. The van der Waals surface area contributed by atoms with Crippen LogP contribution < -0.4 is 0 Å². The number of benzene rings is 2. The molecule has 0 amide bonds. The number of nitrogens with zero attached hydrogens (tertiary/aromatic N) is 4. The zero-order valence-electron chi connectivity index (χ0n) is 12.8. The molecule has 4 aromatic rings. The molecule has 2 heterocycles. The van der Waals surface area contributed by atoms with E-state index in [0.29, 0.717) is 5.69 Å². The molecule has 0 radical (unpaired) electrons. The van der Waals surface area contributed by atoms with Crippen LogP contribution in [0.15, 0.2) is 66.9 Å². The molecule has 0 aliphatic carbocycles. The van der Waals surface area contributed by atoms with E-state index in [9.17, 15) is 13.2 Å². The van der Waals surface area contributed by atoms with E-state index in [-0.39, 0.29) is 5.78 Å². The topological polar surface area (TPSA) is 43.1 Å². The van der Waals surface area contributed by atoms with Crippen molar-refractivity contribution in [3.05, 3.63) is 72.7 Å². The van der Waals surface area contributed by atoms with Gasteiger partial charge in [-0.15, -0.1) is 5.10 Å². The lowest BCUT2D eigenvalue weighted by Crippen LogP contribution is -2.07. The lowest BCUT2D eigenvalue weighted by Gasteiger charge is -2.06. The van der Waals surface area contributed by atoms with Gasteiger partial charge >= 0.3 is 6.18 Å². The molecule has 0 spiro atoms. The molecule has 2 aromatic carbocycles. The highest BCUT2D eigenvalue weighted by Gasteiger charge is 2.36. The van der Waals surface area contributed by atoms with Gasteiger partial charge in [-0.1, -0.05) is 54.6 Å². The van der Waals surface area contributed by atoms with Crippen LogP contribution in [0.25, 0.3) is 28.2 Å². The van der Waals surface area contributed by atoms with Gasteiger partial charge in [0.2, 0.25) is 0 Å². The second-order valence-electron chi connectivity index (χ2n) is 5.42. The molecule has 0 atom stereocenters. The molecule has 0 saturated heterocycles. The fourth-order valence-corrected chi connectivity index (χ4v) is 2.60. The minimum atomic E-state index is -4.61. The van der Waals surface area contributed by atoms with Gasteiger partial charge in [-0.05, 0) is 17.2 Å². The van der Waals surface area contributed by atoms with E-state index in [1.54, 1.807) is 6.07 Å². The Bertz CT molecular complexity index is 1020. The van der Waals surface area contributed by atoms with Crippen LogP contribution in [0.3, 0.4) is 0 Å². The van der Waals surface area contributed by atoms with Crippen LogP contribution in [0.2, 0.25) is 0 Å². The van der Waals surface area contributed by atoms with Crippen molar-refractivity contribution in [2.24, 2.45) is 0 Å². The summed E-state index contributed by atoms with van der Waals surface area (Å²) in [6, 6.07) is 18.9. The lowest BCUT2D eigenvalue weighted by molar-refractivity contribution is -0.144. The Morgan fingerprint density at radius 2 is 1.40 bits per heavy atom. The van der Waals surface area contributed by atoms with E-state index in [4.69, 9.17) is 0 Å². The SMILES string of the molecule is FC(F)(F)c1nc2nccc(-c3ccc(-c4ccccc4)cc3)n2n1. The van der Waals surface area contributed by atoms with Crippen LogP contribution in [0, 0.1) is 0 Å². The van der Waals surface area contributed by atoms with E-state index < -0.39 is 12.0 Å². The Morgan fingerprint density at radius 1 is 0.760 bits per heavy atom. The van der Waals surface area contributed by atoms with Crippen molar-refractivity contribution < 1.29 is 13.2 Å². The zero-order valence-corrected chi connectivity index (χ0v) is 12.8. The summed E-state index contributed by atoms with van der Waals surface area (Å²) in [4.78, 5) is 7.31. The minimum absolute atomic E-state index is 0.0861. The average Bonchev–Trinajstić information content (AvgIpc) is 3.07. The second kappa shape index (κ2) is 5.70. The van der Waals surface area contributed by atoms with Crippen molar-refractivity contribution in [3.8, 4) is 22.4 Å². The first-order valence-electron chi connectivity index (χ1n) is 7.47. The van der Waals surface area contributed by atoms with Crippen molar-refractivity contribution in [3.63, 3.8) is 0 Å². The normalized spacial score (nSPS) is 11.8. The summed E-state index contributed by atoms with van der Waals surface area (Å²) in [5, 5.41) is 3.56. The Balaban J connectivity index is 1.78. The molecule has 2 aromatic heterocycles. The molecule has 0 saturated carbocycles. The van der Waals surface area contributed by atoms with Crippen LogP contribution >= 0.6 is 0 Å². The number of halogens is 3. The molecule has 4 rings (SSSR count). The zero-order chi connectivity index (χ0) is 17.4. The Hall–Kier alpha value is -3.22. The Morgan fingerprint density at radius 3 is 2.08 bits per heavy atom. The first-order chi connectivity index (χ1) is 12.0. The molecule has 0 fully saturated rings. The number of aromatic nitrogens is 4. The standard InChI is InChI=1S/C18H11F3N4/c19-18(20,21)16-23-17-22-11-10-15(25(17)24-16)14-8-6-13(7-9-14)12-4-2-1-3-5-12/h1-11H. The third kappa shape index (κ3) is 2.84. The van der Waals surface area contributed by atoms with Gasteiger partial charge < -0.3 is 0 Å². The second-order valence-corrected chi connectivity index (χ2v) is 5.42. The van der Waals surface area contributed by atoms with Crippen molar-refractivity contribution >= 4 is 5.78 Å². The third-order valence-electron chi connectivity index (χ3n) is 3.78. The summed E-state index contributed by atoms with van der Waals surface area (Å²) in [5.41, 5.74) is 3.30. The van der Waals surface area contributed by atoms with Crippen molar-refractivity contribution in [1.82, 2.24) is 19.6 Å². The molecule has 0 N–H and O–H groups in total. The number of rotatable bonds is 2. The monoisotopic (exact) mass is 340 g/mol. The van der Waals surface area contributed by atoms with Gasteiger partial charge in [-0.25, -0.2) is 4.98 Å². The largest absolute Gasteiger partial charge is 0.453 e. The van der Waals surface area contributed by atoms with E-state index in [1.807, 2.05) is 54.6 Å². The summed E-state index contributed by atoms with van der Waals surface area (Å²) < 4.78 is 39.6. The molecule has 0 bridgehead atoms. The van der Waals surface area contributed by atoms with Crippen molar-refractivity contribution in [2.75, 3.05) is 0 Å². The highest BCUT2D eigenvalue weighted by molar-refractivity contribution is 5.69. The molecular weight excluding hydrogens is 329 g/mol. The average molecular weight is 340 g/mol. The van der Waals surface area contributed by atoms with Gasteiger partial charge in [0.25, 0.3) is 11.6 Å². The molecule has 7 heteroatoms. The first-order valence-corrected chi connectivity index (χ1v) is 7.47. The van der Waals surface area contributed by atoms with Gasteiger partial charge in [0.1, 0.15) is 0 Å². The molecule has 0 aliphatic heterocycles. The fourth-order valence-electron chi connectivity index (χ4n) is 2.60. The first kappa shape index (κ1) is 15.3. The molecular formula is C18H11F3N4. The van der Waals surface area contributed by atoms with Crippen LogP contribution in [-0.4, -0.2) is 19.6 Å². The van der Waals surface area contributed by atoms with Gasteiger partial charge in [0.15, 0.2) is 0 Å². The molecule has 0 unspecified atom stereocenters. The van der Waals surface area contributed by atoms with E-state index in [2.05, 4.69) is 15.1 Å². The van der Waals surface area contributed by atoms with Crippen LogP contribution in [0.1, 0.15) is 5.82 Å². The maximum atomic E-state index is 12.8. The van der Waals surface area contributed by atoms with Crippen LogP contribution in [0.4, 0.5) is 13.2 Å². The summed E-state index contributed by atoms with van der Waals surface area (Å²) >= 11 is 0. The van der Waals surface area contributed by atoms with Crippen LogP contribution in [0.5, 0.6) is 0 Å². The van der Waals surface area contributed by atoms with Gasteiger partial charge in [-0.3, -0.25) is 0 Å². The highest BCUT2D eigenvalue weighted by atomic mass is 19.4. The number of hydrogen-bond donors (Lipinski definition) is 0. The summed E-state index contributed by atoms with van der Waals surface area (Å²) in [6.45, 7) is 0. The fraction of sp³-hybridized carbons (Fsp3) is 0.0556. The number of alkyl halides is 3. The molecule has 25 heavy (non-hydrogen) atoms. The highest BCUT2D eigenvalue weighted by Crippen LogP contribution is 2.28. The van der Waals surface area contributed by atoms with Crippen LogP contribution in [-0.2, 0) is 6.18 Å². The Labute approximate surface area is 140 Å². The quantitative estimate of drug-likeness (QED) is 0.540. The summed E-state index contributed by atoms with van der Waals surface area (Å²) in [6.07, 6.45) is -3.19. The predicted molar refractivity (Wildman–Crippen MR) is 86.7 cm³/mol. The maximum absolute atomic E-state index is 12.8. The summed E-state index contributed by atoms with van der Waals surface area (Å²) in [7, 11) is 0. The smallest absolute Gasteiger partial charge is 0.220 e. The van der Waals surface area contributed by atoms with E-state index in [1.165, 1.54) is 6.20 Å². The summed E-state index contributed by atoms with van der Waals surface area (Å²) in [5.74, 6) is -1.29. The number of fused-ring (bicyclic) bond motifs is 1. The Kier molecular flexibility index (Phi) is 3.49. The minimum Gasteiger partial charge on any atom is -0.220 e. The predicted octanol–water partition coefficient (Wildman–Crippen LogP) is 4.48. The van der Waals surface area contributed by atoms with Gasteiger partial charge in [-0.2, -0.15) is 22.7 Å². The van der Waals surface area contributed by atoms with E-state index >= 15 is 0 Å². The van der Waals surface area contributed by atoms with Gasteiger partial charge in [0, 0.05) is 11.8 Å².